The van der Waals surface area contributed by atoms with Gasteiger partial charge in [-0.2, -0.15) is 8.42 Å². The topological polar surface area (TPSA) is 136 Å². The average molecular weight is 437 g/mol. The fourth-order valence-electron chi connectivity index (χ4n) is 2.13. The van der Waals surface area contributed by atoms with Crippen LogP contribution in [-0.2, 0) is 34.0 Å². The Hall–Kier alpha value is -2.37. The molecule has 11 heteroatoms. The highest BCUT2D eigenvalue weighted by atomic mass is 32.2. The minimum absolute atomic E-state index is 0. The van der Waals surface area contributed by atoms with Gasteiger partial charge in [0.15, 0.2) is 18.0 Å². The van der Waals surface area contributed by atoms with Crippen LogP contribution in [-0.4, -0.2) is 49.9 Å². The van der Waals surface area contributed by atoms with Gasteiger partial charge in [0.2, 0.25) is 5.91 Å². The molecular formula is C18H28FNO8S. The van der Waals surface area contributed by atoms with Gasteiger partial charge in [0.1, 0.15) is 4.90 Å². The van der Waals surface area contributed by atoms with Crippen LogP contribution in [0.2, 0.25) is 0 Å². The van der Waals surface area contributed by atoms with E-state index in [1.807, 2.05) is 0 Å². The molecule has 2 N–H and O–H groups in total. The zero-order valence-electron chi connectivity index (χ0n) is 15.7. The Morgan fingerprint density at radius 2 is 1.79 bits per heavy atom. The van der Waals surface area contributed by atoms with Crippen molar-refractivity contribution in [2.24, 2.45) is 0 Å². The minimum Gasteiger partial charge on any atom is -0.452 e. The number of nitrogens with one attached hydrogen (secondary N) is 1. The minimum atomic E-state index is -4.48. The van der Waals surface area contributed by atoms with Gasteiger partial charge in [0.05, 0.1) is 5.69 Å². The van der Waals surface area contributed by atoms with E-state index in [2.05, 4.69) is 5.32 Å². The van der Waals surface area contributed by atoms with Crippen LogP contribution < -0.4 is 5.32 Å². The summed E-state index contributed by atoms with van der Waals surface area (Å²) in [6.45, 7) is 2.76. The third-order valence-corrected chi connectivity index (χ3v) is 4.62. The molecule has 1 amide bonds. The number of hydrogen-bond acceptors (Lipinski definition) is 7. The first-order valence-electron chi connectivity index (χ1n) is 8.16. The van der Waals surface area contributed by atoms with Gasteiger partial charge in [0, 0.05) is 13.5 Å². The zero-order chi connectivity index (χ0) is 20.6. The molecule has 0 saturated carbocycles. The summed E-state index contributed by atoms with van der Waals surface area (Å²) in [5, 5.41) is 2.40. The molecule has 0 fully saturated rings. The molecule has 1 aromatic carbocycles. The molecule has 0 aliphatic heterocycles. The number of hydrogen-bond donors (Lipinski definition) is 2. The fourth-order valence-corrected chi connectivity index (χ4v) is 2.78. The highest BCUT2D eigenvalue weighted by Gasteiger charge is 2.23. The number of benzene rings is 1. The van der Waals surface area contributed by atoms with E-state index >= 15 is 0 Å². The number of carbonyl (C=O) groups excluding carboxylic acids is 3. The smallest absolute Gasteiger partial charge is 0.335 e. The number of ketones is 1. The molecule has 0 aliphatic carbocycles. The number of esters is 1. The van der Waals surface area contributed by atoms with Gasteiger partial charge in [0.25, 0.3) is 10.1 Å². The average Bonchev–Trinajstić information content (AvgIpc) is 2.59. The number of Topliss-reactive ketones (excluding diaryl/α,β-unsaturated/α-hetero) is 1. The lowest BCUT2D eigenvalue weighted by Crippen LogP contribution is -2.31. The summed E-state index contributed by atoms with van der Waals surface area (Å²) in [7, 11) is -3.14. The van der Waals surface area contributed by atoms with E-state index in [1.165, 1.54) is 39.2 Å². The van der Waals surface area contributed by atoms with Crippen LogP contribution >= 0.6 is 0 Å². The van der Waals surface area contributed by atoms with Gasteiger partial charge in [-0.05, 0) is 38.8 Å². The second-order valence-corrected chi connectivity index (χ2v) is 7.22. The number of halogens is 1. The van der Waals surface area contributed by atoms with Crippen molar-refractivity contribution in [3.05, 3.63) is 24.3 Å². The monoisotopic (exact) mass is 437 g/mol. The molecular weight excluding hydrogens is 409 g/mol. The highest BCUT2D eigenvalue weighted by Crippen LogP contribution is 2.21. The maximum absolute atomic E-state index is 12.0. The molecule has 2 atom stereocenters. The molecule has 0 heterocycles. The number of methoxy groups -OCH3 is 1. The normalized spacial score (nSPS) is 12.6. The number of anilines is 1. The summed E-state index contributed by atoms with van der Waals surface area (Å²) in [5.41, 5.74) is -0.0477. The van der Waals surface area contributed by atoms with Gasteiger partial charge in [-0.25, -0.2) is 4.79 Å². The van der Waals surface area contributed by atoms with Crippen molar-refractivity contribution in [3.8, 4) is 0 Å². The molecule has 0 spiro atoms. The molecule has 29 heavy (non-hydrogen) atoms. The van der Waals surface area contributed by atoms with Crippen LogP contribution in [0.25, 0.3) is 0 Å². The summed E-state index contributed by atoms with van der Waals surface area (Å²) in [5.74, 6) is -1.54. The Kier molecular flexibility index (Phi) is 12.9. The quantitative estimate of drug-likeness (QED) is 0.420. The third kappa shape index (κ3) is 9.59. The maximum Gasteiger partial charge on any atom is 0.335 e. The number of carbonyl (C=O) groups is 3. The number of rotatable bonds is 10. The van der Waals surface area contributed by atoms with E-state index < -0.39 is 39.1 Å². The largest absolute Gasteiger partial charge is 0.452 e. The highest BCUT2D eigenvalue weighted by molar-refractivity contribution is 7.86. The first kappa shape index (κ1) is 28.8. The third-order valence-electron chi connectivity index (χ3n) is 3.71. The van der Waals surface area contributed by atoms with Gasteiger partial charge in [-0.15, -0.1) is 0 Å². The van der Waals surface area contributed by atoms with Crippen molar-refractivity contribution >= 4 is 33.5 Å². The molecule has 0 radical (unpaired) electrons. The Bertz CT molecular complexity index is 797. The molecule has 0 aromatic heterocycles. The molecule has 0 aliphatic rings. The van der Waals surface area contributed by atoms with Gasteiger partial charge in [-0.3, -0.25) is 18.8 Å². The second kappa shape index (κ2) is 13.0. The summed E-state index contributed by atoms with van der Waals surface area (Å²) >= 11 is 0. The van der Waals surface area contributed by atoms with Crippen molar-refractivity contribution in [3.63, 3.8) is 0 Å². The molecule has 2 unspecified atom stereocenters. The summed E-state index contributed by atoms with van der Waals surface area (Å²) in [6, 6.07) is 5.42. The second-order valence-electron chi connectivity index (χ2n) is 5.83. The predicted octanol–water partition coefficient (Wildman–Crippen LogP) is 2.37. The molecule has 166 valence electrons. The van der Waals surface area contributed by atoms with Crippen molar-refractivity contribution in [2.75, 3.05) is 12.4 Å². The first-order valence-corrected chi connectivity index (χ1v) is 9.60. The van der Waals surface area contributed by atoms with Gasteiger partial charge in [-0.1, -0.05) is 19.6 Å². The van der Waals surface area contributed by atoms with E-state index in [0.717, 1.165) is 6.07 Å². The standard InChI is InChI=1S/C17H23NO8S.CH4.FH/c1-11(19)14(26-17(21)12(2)25-3)8-6-10-16(20)18-13-7-4-5-9-15(13)27(22,23)24;;/h4-5,7,9,12,14H,6,8,10H2,1-3H3,(H,18,20)(H,22,23,24);1H4;1H. The zero-order valence-corrected chi connectivity index (χ0v) is 16.5. The number of amides is 1. The van der Waals surface area contributed by atoms with Crippen molar-refractivity contribution in [2.45, 2.75) is 57.6 Å². The van der Waals surface area contributed by atoms with E-state index in [0.29, 0.717) is 0 Å². The van der Waals surface area contributed by atoms with Crippen LogP contribution in [0.15, 0.2) is 29.2 Å². The lowest BCUT2D eigenvalue weighted by molar-refractivity contribution is -0.163. The van der Waals surface area contributed by atoms with E-state index in [-0.39, 0.29) is 42.9 Å². The van der Waals surface area contributed by atoms with Crippen molar-refractivity contribution < 1.29 is 41.5 Å². The SMILES string of the molecule is C.COC(C)C(=O)OC(CCCC(=O)Nc1ccccc1S(=O)(=O)O)C(C)=O.F. The van der Waals surface area contributed by atoms with Crippen LogP contribution in [0.4, 0.5) is 10.4 Å². The maximum atomic E-state index is 12.0. The number of para-hydroxylation sites is 1. The van der Waals surface area contributed by atoms with Crippen molar-refractivity contribution in [1.29, 1.82) is 0 Å². The van der Waals surface area contributed by atoms with Gasteiger partial charge < -0.3 is 14.8 Å². The summed E-state index contributed by atoms with van der Waals surface area (Å²) in [4.78, 5) is 34.9. The van der Waals surface area contributed by atoms with Crippen LogP contribution in [0.3, 0.4) is 0 Å². The molecule has 1 aromatic rings. The first-order chi connectivity index (χ1) is 12.6. The number of ether oxygens (including phenoxy) is 2. The predicted molar refractivity (Wildman–Crippen MR) is 105 cm³/mol. The molecule has 0 bridgehead atoms. The van der Waals surface area contributed by atoms with E-state index in [1.54, 1.807) is 0 Å². The Morgan fingerprint density at radius 1 is 1.21 bits per heavy atom. The Labute approximate surface area is 169 Å². The Morgan fingerprint density at radius 3 is 2.31 bits per heavy atom. The van der Waals surface area contributed by atoms with E-state index in [4.69, 9.17) is 14.0 Å². The van der Waals surface area contributed by atoms with Crippen LogP contribution in [0.1, 0.15) is 40.5 Å². The summed E-state index contributed by atoms with van der Waals surface area (Å²) < 4.78 is 41.7. The Balaban J connectivity index is 0. The lowest BCUT2D eigenvalue weighted by Gasteiger charge is -2.17. The lowest BCUT2D eigenvalue weighted by atomic mass is 10.1. The fraction of sp³-hybridized carbons (Fsp3) is 0.500. The molecule has 9 nitrogen and oxygen atoms in total. The summed E-state index contributed by atoms with van der Waals surface area (Å²) in [6.07, 6.45) is -1.50. The van der Waals surface area contributed by atoms with E-state index in [9.17, 15) is 22.8 Å². The molecule has 1 rings (SSSR count). The van der Waals surface area contributed by atoms with Gasteiger partial charge >= 0.3 is 5.97 Å². The van der Waals surface area contributed by atoms with Crippen LogP contribution in [0.5, 0.6) is 0 Å². The van der Waals surface area contributed by atoms with Crippen molar-refractivity contribution in [1.82, 2.24) is 0 Å². The molecule has 0 saturated heterocycles. The van der Waals surface area contributed by atoms with Crippen LogP contribution in [0, 0.1) is 0 Å².